The van der Waals surface area contributed by atoms with E-state index in [1.54, 1.807) is 24.7 Å². The standard InChI is InChI=1S/C23H38N7O5P/c1-15(2)30(18(5)23(31)32)36(33,35-28-17(4)19-9-7-6-8-10-19)14-34-16(3)11-29-13-27-20-21(24)25-12-26-22(20)29/h12-13,15-16,18-19H,6-11,14H2,1-5H3,(H,31,32)(H2,24,25,26)/b28-17+/t16-,18+,36?/m1/s1. The Hall–Kier alpha value is -2.56. The lowest BCUT2D eigenvalue weighted by Gasteiger charge is -2.35. The van der Waals surface area contributed by atoms with E-state index in [0.29, 0.717) is 17.7 Å². The average molecular weight is 524 g/mol. The van der Waals surface area contributed by atoms with Gasteiger partial charge in [-0.05, 0) is 47.5 Å². The van der Waals surface area contributed by atoms with Crippen molar-refractivity contribution >= 4 is 36.2 Å². The molecule has 1 unspecified atom stereocenters. The van der Waals surface area contributed by atoms with E-state index in [9.17, 15) is 14.5 Å². The molecule has 3 N–H and O–H groups in total. The monoisotopic (exact) mass is 523 g/mol. The minimum absolute atomic E-state index is 0.278. The summed E-state index contributed by atoms with van der Waals surface area (Å²) in [6, 6.07) is -1.44. The topological polar surface area (TPSA) is 158 Å². The Labute approximate surface area is 211 Å². The third kappa shape index (κ3) is 6.60. The zero-order valence-corrected chi connectivity index (χ0v) is 22.6. The Morgan fingerprint density at radius 2 is 1.94 bits per heavy atom. The van der Waals surface area contributed by atoms with Crippen LogP contribution in [0.1, 0.15) is 66.7 Å². The number of fused-ring (bicyclic) bond motifs is 1. The number of hydrogen-bond donors (Lipinski definition) is 2. The highest BCUT2D eigenvalue weighted by Crippen LogP contribution is 2.54. The lowest BCUT2D eigenvalue weighted by Crippen LogP contribution is -2.42. The van der Waals surface area contributed by atoms with Gasteiger partial charge in [-0.15, -0.1) is 0 Å². The first-order valence-electron chi connectivity index (χ1n) is 12.4. The molecule has 1 aliphatic rings. The first kappa shape index (κ1) is 28.0. The second kappa shape index (κ2) is 12.1. The van der Waals surface area contributed by atoms with Crippen molar-refractivity contribution in [2.75, 3.05) is 12.1 Å². The van der Waals surface area contributed by atoms with Crippen molar-refractivity contribution < 1.29 is 23.8 Å². The lowest BCUT2D eigenvalue weighted by atomic mass is 9.86. The number of aliphatic carboxylic acids is 1. The highest BCUT2D eigenvalue weighted by atomic mass is 31.2. The molecule has 0 spiro atoms. The van der Waals surface area contributed by atoms with E-state index in [1.165, 1.54) is 24.3 Å². The van der Waals surface area contributed by atoms with E-state index in [-0.39, 0.29) is 24.1 Å². The second-order valence-electron chi connectivity index (χ2n) is 9.71. The van der Waals surface area contributed by atoms with Crippen molar-refractivity contribution in [2.24, 2.45) is 11.1 Å². The van der Waals surface area contributed by atoms with Crippen molar-refractivity contribution in [3.8, 4) is 0 Å². The number of nitrogens with two attached hydrogens (primary N) is 1. The molecule has 3 rings (SSSR count). The third-order valence-corrected chi connectivity index (χ3v) is 8.87. The van der Waals surface area contributed by atoms with Gasteiger partial charge in [0.1, 0.15) is 24.2 Å². The van der Waals surface area contributed by atoms with E-state index in [0.717, 1.165) is 31.4 Å². The van der Waals surface area contributed by atoms with Crippen LogP contribution >= 0.6 is 7.52 Å². The van der Waals surface area contributed by atoms with E-state index in [2.05, 4.69) is 20.1 Å². The maximum Gasteiger partial charge on any atom is 0.367 e. The normalized spacial score (nSPS) is 18.9. The molecule has 0 aliphatic heterocycles. The van der Waals surface area contributed by atoms with Crippen LogP contribution in [0.5, 0.6) is 0 Å². The van der Waals surface area contributed by atoms with Crippen LogP contribution in [0.2, 0.25) is 0 Å². The largest absolute Gasteiger partial charge is 0.480 e. The zero-order chi connectivity index (χ0) is 26.5. The van der Waals surface area contributed by atoms with Crippen LogP contribution in [0.4, 0.5) is 5.82 Å². The fraction of sp³-hybridized carbons (Fsp3) is 0.696. The summed E-state index contributed by atoms with van der Waals surface area (Å²) in [5, 5.41) is 14.0. The summed E-state index contributed by atoms with van der Waals surface area (Å²) < 4.78 is 29.1. The minimum Gasteiger partial charge on any atom is -0.480 e. The number of nitrogen functional groups attached to an aromatic ring is 1. The Bertz CT molecular complexity index is 1120. The first-order chi connectivity index (χ1) is 17.0. The van der Waals surface area contributed by atoms with Gasteiger partial charge >= 0.3 is 13.5 Å². The molecule has 200 valence electrons. The summed E-state index contributed by atoms with van der Waals surface area (Å²) in [7, 11) is -3.83. The van der Waals surface area contributed by atoms with Gasteiger partial charge in [-0.3, -0.25) is 9.36 Å². The van der Waals surface area contributed by atoms with Crippen molar-refractivity contribution in [1.29, 1.82) is 0 Å². The number of carboxylic acid groups (broad SMARTS) is 1. The summed E-state index contributed by atoms with van der Waals surface area (Å²) in [6.07, 6.45) is 7.71. The number of oxime groups is 1. The number of aromatic nitrogens is 4. The van der Waals surface area contributed by atoms with Gasteiger partial charge < -0.3 is 24.8 Å². The fourth-order valence-electron chi connectivity index (χ4n) is 4.62. The number of ether oxygens (including phenoxy) is 1. The molecule has 36 heavy (non-hydrogen) atoms. The van der Waals surface area contributed by atoms with Crippen molar-refractivity contribution in [3.05, 3.63) is 12.7 Å². The quantitative estimate of drug-likeness (QED) is 0.235. The van der Waals surface area contributed by atoms with Gasteiger partial charge in [-0.1, -0.05) is 24.4 Å². The molecule has 0 amide bonds. The number of anilines is 1. The van der Waals surface area contributed by atoms with Gasteiger partial charge in [-0.2, -0.15) is 0 Å². The maximum atomic E-state index is 14.2. The molecule has 12 nitrogen and oxygen atoms in total. The predicted molar refractivity (Wildman–Crippen MR) is 138 cm³/mol. The third-order valence-electron chi connectivity index (χ3n) is 6.55. The lowest BCUT2D eigenvalue weighted by molar-refractivity contribution is -0.141. The summed E-state index contributed by atoms with van der Waals surface area (Å²) in [5.41, 5.74) is 7.70. The van der Waals surface area contributed by atoms with Crippen LogP contribution in [-0.2, 0) is 25.3 Å². The number of imidazole rings is 1. The van der Waals surface area contributed by atoms with Crippen molar-refractivity contribution in [2.45, 2.75) is 91.5 Å². The summed E-state index contributed by atoms with van der Waals surface area (Å²) in [5.74, 6) is -0.539. The molecule has 2 heterocycles. The smallest absolute Gasteiger partial charge is 0.367 e. The van der Waals surface area contributed by atoms with Crippen LogP contribution in [0, 0.1) is 5.92 Å². The fourth-order valence-corrected chi connectivity index (χ4v) is 6.91. The SMILES string of the molecule is C/C(=N\OP(=O)(CO[C@H](C)Cn1cnc2c(N)ncnc21)N(C(C)C)[C@@H](C)C(=O)O)C1CCCCC1. The Morgan fingerprint density at radius 1 is 1.25 bits per heavy atom. The molecule has 3 atom stereocenters. The van der Waals surface area contributed by atoms with Crippen LogP contribution in [0.3, 0.4) is 0 Å². The summed E-state index contributed by atoms with van der Waals surface area (Å²) in [6.45, 7) is 9.09. The van der Waals surface area contributed by atoms with Gasteiger partial charge in [-0.25, -0.2) is 19.6 Å². The number of hydrogen-bond acceptors (Lipinski definition) is 9. The molecule has 1 fully saturated rings. The van der Waals surface area contributed by atoms with Crippen LogP contribution in [-0.4, -0.2) is 65.5 Å². The number of nitrogens with zero attached hydrogens (tertiary/aromatic N) is 6. The molecule has 2 aromatic heterocycles. The van der Waals surface area contributed by atoms with E-state index in [1.807, 2.05) is 13.8 Å². The van der Waals surface area contributed by atoms with Crippen molar-refractivity contribution in [3.63, 3.8) is 0 Å². The maximum absolute atomic E-state index is 14.2. The minimum atomic E-state index is -3.83. The number of carboxylic acids is 1. The van der Waals surface area contributed by atoms with E-state index >= 15 is 0 Å². The molecule has 0 saturated heterocycles. The van der Waals surface area contributed by atoms with E-state index < -0.39 is 25.6 Å². The van der Waals surface area contributed by atoms with Crippen LogP contribution < -0.4 is 5.73 Å². The molecule has 13 heteroatoms. The summed E-state index contributed by atoms with van der Waals surface area (Å²) >= 11 is 0. The average Bonchev–Trinajstić information content (AvgIpc) is 3.25. The number of carbonyl (C=O) groups is 1. The zero-order valence-electron chi connectivity index (χ0n) is 21.7. The predicted octanol–water partition coefficient (Wildman–Crippen LogP) is 4.12. The van der Waals surface area contributed by atoms with E-state index in [4.69, 9.17) is 15.1 Å². The van der Waals surface area contributed by atoms with Gasteiger partial charge in [0, 0.05) is 12.0 Å². The highest BCUT2D eigenvalue weighted by Gasteiger charge is 2.42. The Balaban J connectivity index is 1.79. The molecular formula is C23H38N7O5P. The molecule has 2 aromatic rings. The van der Waals surface area contributed by atoms with Gasteiger partial charge in [0.2, 0.25) is 0 Å². The molecule has 1 saturated carbocycles. The van der Waals surface area contributed by atoms with Gasteiger partial charge in [0.05, 0.1) is 24.7 Å². The second-order valence-corrected chi connectivity index (χ2v) is 11.9. The van der Waals surface area contributed by atoms with Crippen LogP contribution in [0.25, 0.3) is 11.2 Å². The Kier molecular flexibility index (Phi) is 9.43. The highest BCUT2D eigenvalue weighted by molar-refractivity contribution is 7.56. The molecule has 1 aliphatic carbocycles. The molecular weight excluding hydrogens is 485 g/mol. The van der Waals surface area contributed by atoms with Gasteiger partial charge in [0.25, 0.3) is 0 Å². The Morgan fingerprint density at radius 3 is 2.58 bits per heavy atom. The molecule has 0 bridgehead atoms. The summed E-state index contributed by atoms with van der Waals surface area (Å²) in [4.78, 5) is 24.3. The molecule has 0 radical (unpaired) electrons. The van der Waals surface area contributed by atoms with Crippen molar-refractivity contribution in [1.82, 2.24) is 24.2 Å². The van der Waals surface area contributed by atoms with Crippen LogP contribution in [0.15, 0.2) is 17.8 Å². The first-order valence-corrected chi connectivity index (χ1v) is 14.2. The number of rotatable bonds is 12. The van der Waals surface area contributed by atoms with Gasteiger partial charge in [0.15, 0.2) is 11.5 Å². The molecule has 0 aromatic carbocycles.